The van der Waals surface area contributed by atoms with E-state index >= 15 is 0 Å². The molecule has 1 saturated carbocycles. The second-order valence-corrected chi connectivity index (χ2v) is 4.58. The zero-order valence-electron chi connectivity index (χ0n) is 10.2. The van der Waals surface area contributed by atoms with Crippen molar-refractivity contribution in [1.82, 2.24) is 4.98 Å². The Balaban J connectivity index is 1.78. The van der Waals surface area contributed by atoms with Gasteiger partial charge in [0.1, 0.15) is 11.4 Å². The maximum atomic E-state index is 10.7. The van der Waals surface area contributed by atoms with Crippen molar-refractivity contribution in [2.45, 2.75) is 18.9 Å². The Morgan fingerprint density at radius 1 is 1.11 bits per heavy atom. The molecule has 0 atom stereocenters. The molecule has 0 radical (unpaired) electrons. The minimum absolute atomic E-state index is 0.0532. The largest absolute Gasteiger partial charge is 0.490 e. The van der Waals surface area contributed by atoms with Crippen LogP contribution in [0.2, 0.25) is 0 Å². The van der Waals surface area contributed by atoms with E-state index in [-0.39, 0.29) is 5.69 Å². The SMILES string of the molecule is O=C(O)c1ccc(-c2ccc(OC3CC3)cc2)cn1. The van der Waals surface area contributed by atoms with Crippen molar-refractivity contribution in [1.29, 1.82) is 0 Å². The van der Waals surface area contributed by atoms with Gasteiger partial charge in [-0.1, -0.05) is 18.2 Å². The first-order valence-corrected chi connectivity index (χ1v) is 6.19. The number of hydrogen-bond donors (Lipinski definition) is 1. The van der Waals surface area contributed by atoms with Crippen LogP contribution in [0.1, 0.15) is 23.3 Å². The van der Waals surface area contributed by atoms with Gasteiger partial charge in [-0.15, -0.1) is 0 Å². The summed E-state index contributed by atoms with van der Waals surface area (Å²) in [7, 11) is 0. The molecule has 0 spiro atoms. The monoisotopic (exact) mass is 255 g/mol. The molecule has 3 rings (SSSR count). The minimum Gasteiger partial charge on any atom is -0.490 e. The van der Waals surface area contributed by atoms with Crippen molar-refractivity contribution in [3.8, 4) is 16.9 Å². The van der Waals surface area contributed by atoms with Gasteiger partial charge < -0.3 is 9.84 Å². The third-order valence-corrected chi connectivity index (χ3v) is 3.00. The van der Waals surface area contributed by atoms with E-state index in [1.165, 1.54) is 6.07 Å². The summed E-state index contributed by atoms with van der Waals surface area (Å²) in [6.45, 7) is 0. The summed E-state index contributed by atoms with van der Waals surface area (Å²) in [5.74, 6) is -0.138. The molecular weight excluding hydrogens is 242 g/mol. The third-order valence-electron chi connectivity index (χ3n) is 3.00. The number of benzene rings is 1. The zero-order valence-corrected chi connectivity index (χ0v) is 10.2. The second kappa shape index (κ2) is 4.72. The standard InChI is InChI=1S/C15H13NO3/c17-15(18)14-8-3-11(9-16-14)10-1-4-12(5-2-10)19-13-6-7-13/h1-5,8-9,13H,6-7H2,(H,17,18). The van der Waals surface area contributed by atoms with E-state index in [9.17, 15) is 4.79 Å². The number of rotatable bonds is 4. The summed E-state index contributed by atoms with van der Waals surface area (Å²) in [5.41, 5.74) is 1.94. The predicted molar refractivity (Wildman–Crippen MR) is 70.3 cm³/mol. The molecule has 96 valence electrons. The van der Waals surface area contributed by atoms with E-state index in [1.54, 1.807) is 12.3 Å². The fraction of sp³-hybridized carbons (Fsp3) is 0.200. The van der Waals surface area contributed by atoms with Crippen LogP contribution in [0.3, 0.4) is 0 Å². The van der Waals surface area contributed by atoms with E-state index < -0.39 is 5.97 Å². The summed E-state index contributed by atoms with van der Waals surface area (Å²) in [6, 6.07) is 11.0. The predicted octanol–water partition coefficient (Wildman–Crippen LogP) is 2.99. The van der Waals surface area contributed by atoms with Crippen LogP contribution in [-0.4, -0.2) is 22.2 Å². The Hall–Kier alpha value is -2.36. The maximum absolute atomic E-state index is 10.7. The van der Waals surface area contributed by atoms with Gasteiger partial charge in [0.2, 0.25) is 0 Å². The summed E-state index contributed by atoms with van der Waals surface area (Å²) in [4.78, 5) is 14.6. The number of nitrogens with zero attached hydrogens (tertiary/aromatic N) is 1. The van der Waals surface area contributed by atoms with Crippen molar-refractivity contribution in [2.24, 2.45) is 0 Å². The van der Waals surface area contributed by atoms with Crippen LogP contribution in [0.4, 0.5) is 0 Å². The van der Waals surface area contributed by atoms with Gasteiger partial charge in [-0.25, -0.2) is 9.78 Å². The van der Waals surface area contributed by atoms with E-state index in [4.69, 9.17) is 9.84 Å². The molecule has 4 nitrogen and oxygen atoms in total. The first-order valence-electron chi connectivity index (χ1n) is 6.19. The van der Waals surface area contributed by atoms with Gasteiger partial charge >= 0.3 is 5.97 Å². The molecule has 19 heavy (non-hydrogen) atoms. The number of ether oxygens (including phenoxy) is 1. The summed E-state index contributed by atoms with van der Waals surface area (Å²) in [5, 5.41) is 8.79. The van der Waals surface area contributed by atoms with Gasteiger partial charge in [0.15, 0.2) is 0 Å². The van der Waals surface area contributed by atoms with E-state index in [0.717, 1.165) is 29.7 Å². The topological polar surface area (TPSA) is 59.4 Å². The highest BCUT2D eigenvalue weighted by Crippen LogP contribution is 2.28. The Morgan fingerprint density at radius 3 is 2.32 bits per heavy atom. The molecule has 1 aliphatic carbocycles. The molecule has 1 aromatic carbocycles. The summed E-state index contributed by atoms with van der Waals surface area (Å²) in [6.07, 6.45) is 4.24. The molecular formula is C15H13NO3. The van der Waals surface area contributed by atoms with Crippen LogP contribution in [0.25, 0.3) is 11.1 Å². The molecule has 0 saturated heterocycles. The van der Waals surface area contributed by atoms with Crippen molar-refractivity contribution < 1.29 is 14.6 Å². The van der Waals surface area contributed by atoms with E-state index in [2.05, 4.69) is 4.98 Å². The normalized spacial score (nSPS) is 14.1. The average Bonchev–Trinajstić information content (AvgIpc) is 3.24. The Kier molecular flexibility index (Phi) is 2.91. The molecule has 0 amide bonds. The molecule has 1 aromatic heterocycles. The molecule has 0 bridgehead atoms. The zero-order chi connectivity index (χ0) is 13.2. The van der Waals surface area contributed by atoms with Gasteiger partial charge in [-0.05, 0) is 36.6 Å². The number of aromatic carboxylic acids is 1. The fourth-order valence-corrected chi connectivity index (χ4v) is 1.80. The fourth-order valence-electron chi connectivity index (χ4n) is 1.80. The van der Waals surface area contributed by atoms with Gasteiger partial charge in [0.25, 0.3) is 0 Å². The van der Waals surface area contributed by atoms with Gasteiger partial charge in [0.05, 0.1) is 6.10 Å². The number of carbonyl (C=O) groups is 1. The highest BCUT2D eigenvalue weighted by molar-refractivity contribution is 5.85. The maximum Gasteiger partial charge on any atom is 0.354 e. The van der Waals surface area contributed by atoms with E-state index in [1.807, 2.05) is 24.3 Å². The highest BCUT2D eigenvalue weighted by Gasteiger charge is 2.23. The average molecular weight is 255 g/mol. The lowest BCUT2D eigenvalue weighted by molar-refractivity contribution is 0.0690. The molecule has 4 heteroatoms. The Morgan fingerprint density at radius 2 is 1.79 bits per heavy atom. The second-order valence-electron chi connectivity index (χ2n) is 4.58. The van der Waals surface area contributed by atoms with Crippen molar-refractivity contribution in [2.75, 3.05) is 0 Å². The molecule has 0 unspecified atom stereocenters. The number of hydrogen-bond acceptors (Lipinski definition) is 3. The van der Waals surface area contributed by atoms with Crippen LogP contribution < -0.4 is 4.74 Å². The Bertz CT molecular complexity index is 586. The molecule has 2 aromatic rings. The summed E-state index contributed by atoms with van der Waals surface area (Å²) >= 11 is 0. The molecule has 1 aliphatic rings. The van der Waals surface area contributed by atoms with Crippen LogP contribution in [-0.2, 0) is 0 Å². The van der Waals surface area contributed by atoms with Crippen LogP contribution >= 0.6 is 0 Å². The minimum atomic E-state index is -1.01. The van der Waals surface area contributed by atoms with Crippen LogP contribution in [0.15, 0.2) is 42.6 Å². The van der Waals surface area contributed by atoms with E-state index in [0.29, 0.717) is 6.10 Å². The van der Waals surface area contributed by atoms with Crippen molar-refractivity contribution in [3.05, 3.63) is 48.3 Å². The quantitative estimate of drug-likeness (QED) is 0.912. The number of pyridine rings is 1. The number of carboxylic acids is 1. The molecule has 1 N–H and O–H groups in total. The summed E-state index contributed by atoms with van der Waals surface area (Å²) < 4.78 is 5.67. The van der Waals surface area contributed by atoms with Gasteiger partial charge in [-0.3, -0.25) is 0 Å². The lowest BCUT2D eigenvalue weighted by Crippen LogP contribution is -1.99. The van der Waals surface area contributed by atoms with Gasteiger partial charge in [0, 0.05) is 11.8 Å². The first kappa shape index (κ1) is 11.7. The number of carboxylic acid groups (broad SMARTS) is 1. The lowest BCUT2D eigenvalue weighted by atomic mass is 10.1. The number of aromatic nitrogens is 1. The lowest BCUT2D eigenvalue weighted by Gasteiger charge is -2.06. The molecule has 1 heterocycles. The Labute approximate surface area is 110 Å². The van der Waals surface area contributed by atoms with Crippen LogP contribution in [0, 0.1) is 0 Å². The first-order chi connectivity index (χ1) is 9.22. The highest BCUT2D eigenvalue weighted by atomic mass is 16.5. The van der Waals surface area contributed by atoms with Crippen LogP contribution in [0.5, 0.6) is 5.75 Å². The van der Waals surface area contributed by atoms with Crippen molar-refractivity contribution >= 4 is 5.97 Å². The van der Waals surface area contributed by atoms with Crippen molar-refractivity contribution in [3.63, 3.8) is 0 Å². The molecule has 1 fully saturated rings. The smallest absolute Gasteiger partial charge is 0.354 e. The third kappa shape index (κ3) is 2.73. The molecule has 0 aliphatic heterocycles. The van der Waals surface area contributed by atoms with Gasteiger partial charge in [-0.2, -0.15) is 0 Å².